The van der Waals surface area contributed by atoms with E-state index in [2.05, 4.69) is 9.97 Å². The van der Waals surface area contributed by atoms with Gasteiger partial charge in [0.15, 0.2) is 15.0 Å². The van der Waals surface area contributed by atoms with Crippen LogP contribution in [-0.2, 0) is 9.84 Å². The number of nitrogens with one attached hydrogen (secondary N) is 1. The largest absolute Gasteiger partial charge is 0.333 e. The van der Waals surface area contributed by atoms with E-state index in [9.17, 15) is 8.42 Å². The summed E-state index contributed by atoms with van der Waals surface area (Å²) in [5.41, 5.74) is 1.78. The summed E-state index contributed by atoms with van der Waals surface area (Å²) >= 11 is 7.27. The number of hydrogen-bond acceptors (Lipinski definition) is 4. The van der Waals surface area contributed by atoms with E-state index in [1.807, 2.05) is 24.3 Å². The molecule has 4 nitrogen and oxygen atoms in total. The highest BCUT2D eigenvalue weighted by molar-refractivity contribution is 8.05. The third kappa shape index (κ3) is 2.28. The van der Waals surface area contributed by atoms with E-state index in [1.165, 1.54) is 17.2 Å². The third-order valence-corrected chi connectivity index (χ3v) is 5.85. The highest BCUT2D eigenvalue weighted by Crippen LogP contribution is 2.35. The van der Waals surface area contributed by atoms with Gasteiger partial charge in [-0.25, -0.2) is 13.4 Å². The van der Waals surface area contributed by atoms with E-state index in [1.54, 1.807) is 0 Å². The average Bonchev–Trinajstić information content (AvgIpc) is 2.79. The minimum Gasteiger partial charge on any atom is -0.333 e. The Morgan fingerprint density at radius 1 is 1.39 bits per heavy atom. The zero-order valence-corrected chi connectivity index (χ0v) is 11.5. The first kappa shape index (κ1) is 12.1. The number of H-pyrrole nitrogens is 1. The number of aromatic nitrogens is 2. The molecule has 1 unspecified atom stereocenters. The number of hydrogen-bond donors (Lipinski definition) is 1. The number of fused-ring (bicyclic) bond motifs is 1. The summed E-state index contributed by atoms with van der Waals surface area (Å²) in [4.78, 5) is 8.12. The lowest BCUT2D eigenvalue weighted by atomic mass is 10.3. The molecule has 0 saturated heterocycles. The fourth-order valence-corrected chi connectivity index (χ4v) is 5.24. The predicted molar refractivity (Wildman–Crippen MR) is 73.5 cm³/mol. The SMILES string of the molecule is O=S1(=O)C=C(Sc2nc3ccccc3[nH]2)C(Cl)C1. The van der Waals surface area contributed by atoms with Crippen LogP contribution < -0.4 is 0 Å². The number of rotatable bonds is 2. The van der Waals surface area contributed by atoms with Crippen molar-refractivity contribution in [3.63, 3.8) is 0 Å². The molecular weight excluding hydrogens is 292 g/mol. The fraction of sp³-hybridized carbons (Fsp3) is 0.182. The first-order chi connectivity index (χ1) is 8.53. The van der Waals surface area contributed by atoms with Gasteiger partial charge in [-0.05, 0) is 12.1 Å². The zero-order valence-electron chi connectivity index (χ0n) is 9.13. The maximum atomic E-state index is 11.4. The van der Waals surface area contributed by atoms with Gasteiger partial charge < -0.3 is 4.98 Å². The summed E-state index contributed by atoms with van der Waals surface area (Å²) in [6.07, 6.45) is 0. The van der Waals surface area contributed by atoms with Gasteiger partial charge in [-0.1, -0.05) is 23.9 Å². The van der Waals surface area contributed by atoms with Crippen molar-refractivity contribution < 1.29 is 8.42 Å². The Kier molecular flexibility index (Phi) is 2.88. The van der Waals surface area contributed by atoms with Gasteiger partial charge in [0.25, 0.3) is 0 Å². The van der Waals surface area contributed by atoms with Gasteiger partial charge >= 0.3 is 0 Å². The Bertz CT molecular complexity index is 703. The standard InChI is InChI=1S/C11H9ClN2O2S2/c12-7-5-18(15,16)6-10(7)17-11-13-8-3-1-2-4-9(8)14-11/h1-4,6-7H,5H2,(H,13,14). The lowest BCUT2D eigenvalue weighted by Crippen LogP contribution is -2.05. The molecule has 0 fully saturated rings. The molecule has 94 valence electrons. The number of allylic oxidation sites excluding steroid dienone is 1. The maximum absolute atomic E-state index is 11.4. The molecule has 0 radical (unpaired) electrons. The van der Waals surface area contributed by atoms with E-state index in [4.69, 9.17) is 11.6 Å². The molecule has 0 bridgehead atoms. The first-order valence-electron chi connectivity index (χ1n) is 5.24. The molecule has 0 amide bonds. The topological polar surface area (TPSA) is 62.8 Å². The molecule has 1 N–H and O–H groups in total. The molecule has 2 aromatic rings. The van der Waals surface area contributed by atoms with Crippen molar-refractivity contribution in [2.75, 3.05) is 5.75 Å². The number of thioether (sulfide) groups is 1. The normalized spacial score (nSPS) is 22.3. The second kappa shape index (κ2) is 4.29. The molecule has 1 aromatic carbocycles. The molecule has 2 heterocycles. The van der Waals surface area contributed by atoms with E-state index in [0.717, 1.165) is 11.0 Å². The minimum absolute atomic E-state index is 0.0306. The van der Waals surface area contributed by atoms with Crippen LogP contribution in [0.3, 0.4) is 0 Å². The van der Waals surface area contributed by atoms with E-state index < -0.39 is 15.2 Å². The Labute approximate surface area is 113 Å². The van der Waals surface area contributed by atoms with Crippen LogP contribution in [0, 0.1) is 0 Å². The van der Waals surface area contributed by atoms with Crippen molar-refractivity contribution in [2.45, 2.75) is 10.5 Å². The van der Waals surface area contributed by atoms with Crippen molar-refractivity contribution in [1.29, 1.82) is 0 Å². The second-order valence-electron chi connectivity index (χ2n) is 3.98. The molecule has 1 aromatic heterocycles. The van der Waals surface area contributed by atoms with Crippen molar-refractivity contribution in [3.8, 4) is 0 Å². The van der Waals surface area contributed by atoms with Crippen LogP contribution in [0.5, 0.6) is 0 Å². The summed E-state index contributed by atoms with van der Waals surface area (Å²) in [5.74, 6) is -0.0306. The van der Waals surface area contributed by atoms with Crippen molar-refractivity contribution in [2.24, 2.45) is 0 Å². The van der Waals surface area contributed by atoms with Crippen LogP contribution in [0.25, 0.3) is 11.0 Å². The van der Waals surface area contributed by atoms with Crippen LogP contribution in [0.4, 0.5) is 0 Å². The minimum atomic E-state index is -3.15. The quantitative estimate of drug-likeness (QED) is 0.866. The average molecular weight is 301 g/mol. The number of para-hydroxylation sites is 2. The van der Waals surface area contributed by atoms with E-state index in [0.29, 0.717) is 10.1 Å². The van der Waals surface area contributed by atoms with Gasteiger partial charge in [0.05, 0.1) is 22.2 Å². The van der Waals surface area contributed by atoms with Gasteiger partial charge in [-0.2, -0.15) is 0 Å². The molecule has 0 spiro atoms. The highest BCUT2D eigenvalue weighted by Gasteiger charge is 2.29. The highest BCUT2D eigenvalue weighted by atomic mass is 35.5. The predicted octanol–water partition coefficient (Wildman–Crippen LogP) is 2.53. The van der Waals surface area contributed by atoms with E-state index in [-0.39, 0.29) is 5.75 Å². The van der Waals surface area contributed by atoms with E-state index >= 15 is 0 Å². The zero-order chi connectivity index (χ0) is 12.8. The van der Waals surface area contributed by atoms with Gasteiger partial charge in [0, 0.05) is 10.3 Å². The number of sulfone groups is 1. The van der Waals surface area contributed by atoms with Gasteiger partial charge in [-0.3, -0.25) is 0 Å². The van der Waals surface area contributed by atoms with Crippen LogP contribution in [0.15, 0.2) is 39.7 Å². The molecule has 7 heteroatoms. The Hall–Kier alpha value is -0.980. The van der Waals surface area contributed by atoms with Crippen molar-refractivity contribution in [3.05, 3.63) is 34.6 Å². The molecule has 1 aliphatic heterocycles. The molecular formula is C11H9ClN2O2S2. The monoisotopic (exact) mass is 300 g/mol. The number of nitrogens with zero attached hydrogens (tertiary/aromatic N) is 1. The molecule has 18 heavy (non-hydrogen) atoms. The Morgan fingerprint density at radius 3 is 2.83 bits per heavy atom. The number of imidazole rings is 1. The molecule has 1 atom stereocenters. The molecule has 0 saturated carbocycles. The van der Waals surface area contributed by atoms with Crippen LogP contribution in [-0.4, -0.2) is 29.5 Å². The lowest BCUT2D eigenvalue weighted by molar-refractivity contribution is 0.606. The van der Waals surface area contributed by atoms with Crippen molar-refractivity contribution in [1.82, 2.24) is 9.97 Å². The van der Waals surface area contributed by atoms with Gasteiger partial charge in [0.2, 0.25) is 0 Å². The fourth-order valence-electron chi connectivity index (χ4n) is 1.76. The number of benzene rings is 1. The van der Waals surface area contributed by atoms with Crippen LogP contribution >= 0.6 is 23.4 Å². The van der Waals surface area contributed by atoms with Gasteiger partial charge in [0.1, 0.15) is 0 Å². The summed E-state index contributed by atoms with van der Waals surface area (Å²) < 4.78 is 22.8. The lowest BCUT2D eigenvalue weighted by Gasteiger charge is -2.01. The smallest absolute Gasteiger partial charge is 0.174 e. The maximum Gasteiger partial charge on any atom is 0.174 e. The first-order valence-corrected chi connectivity index (χ1v) is 8.21. The summed E-state index contributed by atoms with van der Waals surface area (Å²) in [5, 5.41) is 1.42. The number of alkyl halides is 1. The third-order valence-electron chi connectivity index (χ3n) is 2.57. The number of aromatic amines is 1. The summed E-state index contributed by atoms with van der Waals surface area (Å²) in [6, 6.07) is 7.64. The number of halogens is 1. The van der Waals surface area contributed by atoms with Crippen LogP contribution in [0.1, 0.15) is 0 Å². The van der Waals surface area contributed by atoms with Crippen LogP contribution in [0.2, 0.25) is 0 Å². The van der Waals surface area contributed by atoms with Gasteiger partial charge in [-0.15, -0.1) is 11.6 Å². The molecule has 0 aliphatic carbocycles. The summed E-state index contributed by atoms with van der Waals surface area (Å²) in [6.45, 7) is 0. The summed E-state index contributed by atoms with van der Waals surface area (Å²) in [7, 11) is -3.15. The molecule has 3 rings (SSSR count). The van der Waals surface area contributed by atoms with Crippen molar-refractivity contribution >= 4 is 44.2 Å². The Morgan fingerprint density at radius 2 is 2.17 bits per heavy atom. The molecule has 1 aliphatic rings. The second-order valence-corrected chi connectivity index (χ2v) is 7.46. The Balaban J connectivity index is 1.93.